The molecule has 1 amide bonds. The number of carbonyl (C=O) groups is 1. The number of anilines is 1. The Morgan fingerprint density at radius 1 is 1.35 bits per heavy atom. The molecule has 0 unspecified atom stereocenters. The highest BCUT2D eigenvalue weighted by Crippen LogP contribution is 2.25. The minimum absolute atomic E-state index is 0.0972. The average Bonchev–Trinajstić information content (AvgIpc) is 2.39. The van der Waals surface area contributed by atoms with Crippen LogP contribution in [0, 0.1) is 6.92 Å². The van der Waals surface area contributed by atoms with Gasteiger partial charge in [0.15, 0.2) is 0 Å². The number of likely N-dealkylation sites (N-methyl/N-ethyl adjacent to an activating group) is 1. The molecule has 0 atom stereocenters. The Morgan fingerprint density at radius 3 is 2.55 bits per heavy atom. The van der Waals surface area contributed by atoms with Crippen LogP contribution in [0.15, 0.2) is 24.3 Å². The van der Waals surface area contributed by atoms with Gasteiger partial charge >= 0.3 is 0 Å². The lowest BCUT2D eigenvalue weighted by molar-refractivity contribution is -0.130. The molecule has 1 aromatic rings. The van der Waals surface area contributed by atoms with Crippen LogP contribution < -0.4 is 4.90 Å². The van der Waals surface area contributed by atoms with E-state index >= 15 is 0 Å². The number of hydrogen-bond acceptors (Lipinski definition) is 3. The number of para-hydroxylation sites is 1. The monoisotopic (exact) mass is 276 g/mol. The molecule has 0 bridgehead atoms. The van der Waals surface area contributed by atoms with Crippen LogP contribution in [0.25, 0.3) is 0 Å². The first-order valence-electron chi connectivity index (χ1n) is 7.30. The van der Waals surface area contributed by atoms with Crippen LogP contribution in [0.2, 0.25) is 0 Å². The van der Waals surface area contributed by atoms with Crippen molar-refractivity contribution in [3.63, 3.8) is 0 Å². The third kappa shape index (κ3) is 3.02. The lowest BCUT2D eigenvalue weighted by Crippen LogP contribution is -2.63. The van der Waals surface area contributed by atoms with Crippen LogP contribution in [0.5, 0.6) is 0 Å². The predicted molar refractivity (Wildman–Crippen MR) is 80.9 cm³/mol. The summed E-state index contributed by atoms with van der Waals surface area (Å²) in [6.45, 7) is 8.22. The van der Waals surface area contributed by atoms with Crippen molar-refractivity contribution in [2.24, 2.45) is 0 Å². The first-order chi connectivity index (χ1) is 9.49. The molecule has 1 saturated heterocycles. The zero-order valence-corrected chi connectivity index (χ0v) is 12.6. The molecule has 1 aliphatic rings. The normalized spacial score (nSPS) is 17.6. The summed E-state index contributed by atoms with van der Waals surface area (Å²) in [7, 11) is 0. The van der Waals surface area contributed by atoms with Crippen molar-refractivity contribution < 1.29 is 9.90 Å². The van der Waals surface area contributed by atoms with Crippen molar-refractivity contribution in [3.8, 4) is 0 Å². The Morgan fingerprint density at radius 2 is 2.00 bits per heavy atom. The van der Waals surface area contributed by atoms with E-state index in [1.807, 2.05) is 54.8 Å². The number of nitrogens with zero attached hydrogens (tertiary/aromatic N) is 2. The largest absolute Gasteiger partial charge is 0.387 e. The SMILES string of the molecule is CCN(C(=O)CN1CC(O)(CC)C1)c1ccccc1C. The first-order valence-corrected chi connectivity index (χ1v) is 7.30. The van der Waals surface area contributed by atoms with E-state index in [-0.39, 0.29) is 5.91 Å². The second-order valence-electron chi connectivity index (χ2n) is 5.65. The summed E-state index contributed by atoms with van der Waals surface area (Å²) in [6.07, 6.45) is 0.743. The molecule has 0 aromatic heterocycles. The van der Waals surface area contributed by atoms with Crippen molar-refractivity contribution in [2.45, 2.75) is 32.8 Å². The highest BCUT2D eigenvalue weighted by atomic mass is 16.3. The lowest BCUT2D eigenvalue weighted by Gasteiger charge is -2.46. The summed E-state index contributed by atoms with van der Waals surface area (Å²) in [6, 6.07) is 7.94. The van der Waals surface area contributed by atoms with Crippen molar-refractivity contribution in [2.75, 3.05) is 31.1 Å². The van der Waals surface area contributed by atoms with E-state index in [1.165, 1.54) is 0 Å². The predicted octanol–water partition coefficient (Wildman–Crippen LogP) is 1.80. The number of hydrogen-bond donors (Lipinski definition) is 1. The fourth-order valence-electron chi connectivity index (χ4n) is 2.75. The summed E-state index contributed by atoms with van der Waals surface area (Å²) in [5, 5.41) is 9.99. The summed E-state index contributed by atoms with van der Waals surface area (Å²) in [5.41, 5.74) is 1.50. The van der Waals surface area contributed by atoms with E-state index in [1.54, 1.807) is 0 Å². The molecule has 1 aliphatic heterocycles. The molecule has 0 saturated carbocycles. The molecule has 110 valence electrons. The molecule has 1 heterocycles. The molecule has 4 heteroatoms. The average molecular weight is 276 g/mol. The summed E-state index contributed by atoms with van der Waals surface area (Å²) < 4.78 is 0. The van der Waals surface area contributed by atoms with Crippen LogP contribution >= 0.6 is 0 Å². The number of rotatable bonds is 5. The smallest absolute Gasteiger partial charge is 0.241 e. The summed E-state index contributed by atoms with van der Waals surface area (Å²) >= 11 is 0. The molecule has 0 radical (unpaired) electrons. The zero-order chi connectivity index (χ0) is 14.8. The quantitative estimate of drug-likeness (QED) is 0.892. The van der Waals surface area contributed by atoms with Crippen LogP contribution in [0.4, 0.5) is 5.69 Å². The highest BCUT2D eigenvalue weighted by molar-refractivity contribution is 5.95. The van der Waals surface area contributed by atoms with Crippen molar-refractivity contribution in [1.82, 2.24) is 4.90 Å². The Kier molecular flexibility index (Phi) is 4.45. The standard InChI is InChI=1S/C16H24N2O2/c1-4-16(20)11-17(12-16)10-15(19)18(5-2)14-9-7-6-8-13(14)3/h6-9,20H,4-5,10-12H2,1-3H3. The van der Waals surface area contributed by atoms with E-state index in [0.717, 1.165) is 17.7 Å². The van der Waals surface area contributed by atoms with Gasteiger partial charge in [0.25, 0.3) is 0 Å². The molecule has 20 heavy (non-hydrogen) atoms. The number of carbonyl (C=O) groups excluding carboxylic acids is 1. The summed E-state index contributed by atoms with van der Waals surface area (Å²) in [4.78, 5) is 16.3. The van der Waals surface area contributed by atoms with Gasteiger partial charge in [-0.15, -0.1) is 0 Å². The number of benzene rings is 1. The molecule has 1 aromatic carbocycles. The van der Waals surface area contributed by atoms with Gasteiger partial charge in [-0.05, 0) is 31.9 Å². The number of aliphatic hydroxyl groups is 1. The van der Waals surface area contributed by atoms with Gasteiger partial charge < -0.3 is 10.0 Å². The van der Waals surface area contributed by atoms with Crippen molar-refractivity contribution >= 4 is 11.6 Å². The second kappa shape index (κ2) is 5.94. The van der Waals surface area contributed by atoms with Gasteiger partial charge in [-0.2, -0.15) is 0 Å². The van der Waals surface area contributed by atoms with Gasteiger partial charge in [0.1, 0.15) is 0 Å². The van der Waals surface area contributed by atoms with E-state index in [9.17, 15) is 9.90 Å². The van der Waals surface area contributed by atoms with E-state index in [4.69, 9.17) is 0 Å². The highest BCUT2D eigenvalue weighted by Gasteiger charge is 2.40. The molecule has 0 spiro atoms. The Labute approximate surface area is 121 Å². The van der Waals surface area contributed by atoms with Crippen molar-refractivity contribution in [1.29, 1.82) is 0 Å². The van der Waals surface area contributed by atoms with Gasteiger partial charge in [0, 0.05) is 25.3 Å². The Balaban J connectivity index is 1.99. The Bertz CT molecular complexity index is 481. The second-order valence-corrected chi connectivity index (χ2v) is 5.65. The zero-order valence-electron chi connectivity index (χ0n) is 12.6. The topological polar surface area (TPSA) is 43.8 Å². The molecule has 2 rings (SSSR count). The molecular weight excluding hydrogens is 252 g/mol. The minimum Gasteiger partial charge on any atom is -0.387 e. The molecule has 1 N–H and O–H groups in total. The third-order valence-corrected chi connectivity index (χ3v) is 4.08. The van der Waals surface area contributed by atoms with E-state index in [2.05, 4.69) is 0 Å². The van der Waals surface area contributed by atoms with Crippen molar-refractivity contribution in [3.05, 3.63) is 29.8 Å². The first kappa shape index (κ1) is 15.0. The summed E-state index contributed by atoms with van der Waals surface area (Å²) in [5.74, 6) is 0.0972. The van der Waals surface area contributed by atoms with Gasteiger partial charge in [0.05, 0.1) is 12.1 Å². The van der Waals surface area contributed by atoms with Gasteiger partial charge in [-0.1, -0.05) is 25.1 Å². The third-order valence-electron chi connectivity index (χ3n) is 4.08. The molecule has 1 fully saturated rings. The van der Waals surface area contributed by atoms with E-state index < -0.39 is 5.60 Å². The maximum atomic E-state index is 12.4. The van der Waals surface area contributed by atoms with Gasteiger partial charge in [0.2, 0.25) is 5.91 Å². The van der Waals surface area contributed by atoms with E-state index in [0.29, 0.717) is 26.2 Å². The number of aryl methyl sites for hydroxylation is 1. The molecular formula is C16H24N2O2. The minimum atomic E-state index is -0.583. The fourth-order valence-corrected chi connectivity index (χ4v) is 2.75. The molecule has 4 nitrogen and oxygen atoms in total. The fraction of sp³-hybridized carbons (Fsp3) is 0.562. The maximum Gasteiger partial charge on any atom is 0.241 e. The maximum absolute atomic E-state index is 12.4. The van der Waals surface area contributed by atoms with Gasteiger partial charge in [-0.3, -0.25) is 9.69 Å². The number of β-amino-alcohol motifs (C(OH)–C–C–N with tert-alkyl or cyclic N) is 1. The van der Waals surface area contributed by atoms with Gasteiger partial charge in [-0.25, -0.2) is 0 Å². The van der Waals surface area contributed by atoms with Crippen LogP contribution in [-0.4, -0.2) is 47.7 Å². The van der Waals surface area contributed by atoms with Crippen LogP contribution in [-0.2, 0) is 4.79 Å². The molecule has 0 aliphatic carbocycles. The van der Waals surface area contributed by atoms with Crippen LogP contribution in [0.3, 0.4) is 0 Å². The number of likely N-dealkylation sites (tertiary alicyclic amines) is 1. The number of amides is 1. The Hall–Kier alpha value is -1.39. The lowest BCUT2D eigenvalue weighted by atomic mass is 9.91. The van der Waals surface area contributed by atoms with Crippen LogP contribution in [0.1, 0.15) is 25.8 Å².